The fraction of sp³-hybridized carbons (Fsp3) is 0.462. The van der Waals surface area contributed by atoms with E-state index in [2.05, 4.69) is 6.07 Å². The summed E-state index contributed by atoms with van der Waals surface area (Å²) in [4.78, 5) is 2.33. The second-order valence-electron chi connectivity index (χ2n) is 4.56. The Balaban J connectivity index is 2.08. The lowest BCUT2D eigenvalue weighted by molar-refractivity contribution is 0.169. The van der Waals surface area contributed by atoms with Gasteiger partial charge in [0.05, 0.1) is 17.0 Å². The third kappa shape index (κ3) is 2.95. The summed E-state index contributed by atoms with van der Waals surface area (Å²) in [6.07, 6.45) is 0. The maximum Gasteiger partial charge on any atom is 0.243 e. The van der Waals surface area contributed by atoms with Crippen molar-refractivity contribution in [1.82, 2.24) is 9.21 Å². The lowest BCUT2D eigenvalue weighted by Crippen LogP contribution is -2.50. The third-order valence-electron chi connectivity index (χ3n) is 3.39. The van der Waals surface area contributed by atoms with Crippen molar-refractivity contribution in [2.24, 2.45) is 0 Å². The molecule has 1 aromatic rings. The van der Waals surface area contributed by atoms with E-state index in [9.17, 15) is 8.42 Å². The minimum Gasteiger partial charge on any atom is -0.286 e. The van der Waals surface area contributed by atoms with Crippen LogP contribution in [0.15, 0.2) is 35.2 Å². The highest BCUT2D eigenvalue weighted by Crippen LogP contribution is 2.17. The standard InChI is InChI=1S/C13H17N3O2S/c1-12(11-14)15-7-9-16(10-8-15)19(17,18)13-5-3-2-4-6-13/h2-6,12H,7-10H2,1H3/t12-/m1/s1. The van der Waals surface area contributed by atoms with Gasteiger partial charge < -0.3 is 0 Å². The zero-order valence-corrected chi connectivity index (χ0v) is 11.7. The first-order valence-electron chi connectivity index (χ1n) is 6.24. The molecular weight excluding hydrogens is 262 g/mol. The number of benzene rings is 1. The van der Waals surface area contributed by atoms with Crippen LogP contribution in [0.1, 0.15) is 6.92 Å². The summed E-state index contributed by atoms with van der Waals surface area (Å²) < 4.78 is 26.2. The van der Waals surface area contributed by atoms with E-state index < -0.39 is 10.0 Å². The molecular formula is C13H17N3O2S. The van der Waals surface area contributed by atoms with Gasteiger partial charge in [0.25, 0.3) is 0 Å². The van der Waals surface area contributed by atoms with Gasteiger partial charge in [0.2, 0.25) is 10.0 Å². The van der Waals surface area contributed by atoms with Crippen LogP contribution in [-0.4, -0.2) is 49.8 Å². The molecule has 1 fully saturated rings. The van der Waals surface area contributed by atoms with Gasteiger partial charge in [-0.15, -0.1) is 0 Å². The Labute approximate surface area is 114 Å². The smallest absolute Gasteiger partial charge is 0.243 e. The largest absolute Gasteiger partial charge is 0.286 e. The molecule has 1 atom stereocenters. The average molecular weight is 279 g/mol. The summed E-state index contributed by atoms with van der Waals surface area (Å²) in [6, 6.07) is 10.5. The first kappa shape index (κ1) is 14.0. The van der Waals surface area contributed by atoms with Gasteiger partial charge in [-0.05, 0) is 19.1 Å². The van der Waals surface area contributed by atoms with Crippen molar-refractivity contribution in [3.63, 3.8) is 0 Å². The van der Waals surface area contributed by atoms with E-state index in [4.69, 9.17) is 5.26 Å². The van der Waals surface area contributed by atoms with Crippen LogP contribution >= 0.6 is 0 Å². The molecule has 19 heavy (non-hydrogen) atoms. The summed E-state index contributed by atoms with van der Waals surface area (Å²) in [6.45, 7) is 3.90. The zero-order chi connectivity index (χ0) is 13.9. The van der Waals surface area contributed by atoms with Crippen molar-refractivity contribution >= 4 is 10.0 Å². The molecule has 0 N–H and O–H groups in total. The van der Waals surface area contributed by atoms with E-state index >= 15 is 0 Å². The predicted molar refractivity (Wildman–Crippen MR) is 71.8 cm³/mol. The second kappa shape index (κ2) is 5.70. The van der Waals surface area contributed by atoms with Crippen molar-refractivity contribution in [3.05, 3.63) is 30.3 Å². The maximum absolute atomic E-state index is 12.4. The average Bonchev–Trinajstić information content (AvgIpc) is 2.47. The Morgan fingerprint density at radius 3 is 2.26 bits per heavy atom. The number of hydrogen-bond acceptors (Lipinski definition) is 4. The molecule has 0 amide bonds. The van der Waals surface area contributed by atoms with E-state index in [0.717, 1.165) is 0 Å². The van der Waals surface area contributed by atoms with Gasteiger partial charge in [0.15, 0.2) is 0 Å². The predicted octanol–water partition coefficient (Wildman–Crippen LogP) is 0.905. The number of nitriles is 1. The molecule has 0 radical (unpaired) electrons. The normalized spacial score (nSPS) is 19.8. The van der Waals surface area contributed by atoms with Crippen LogP contribution in [0.4, 0.5) is 0 Å². The van der Waals surface area contributed by atoms with Gasteiger partial charge in [0, 0.05) is 26.2 Å². The zero-order valence-electron chi connectivity index (χ0n) is 10.9. The fourth-order valence-corrected chi connectivity index (χ4v) is 3.60. The van der Waals surface area contributed by atoms with Gasteiger partial charge in [-0.2, -0.15) is 9.57 Å². The van der Waals surface area contributed by atoms with Crippen molar-refractivity contribution in [2.45, 2.75) is 17.9 Å². The Bertz CT molecular complexity index is 557. The molecule has 6 heteroatoms. The summed E-state index contributed by atoms with van der Waals surface area (Å²) in [5.74, 6) is 0. The lowest BCUT2D eigenvalue weighted by atomic mass is 10.2. The van der Waals surface area contributed by atoms with E-state index in [1.54, 1.807) is 30.3 Å². The van der Waals surface area contributed by atoms with Crippen LogP contribution in [0.2, 0.25) is 0 Å². The number of piperazine rings is 1. The summed E-state index contributed by atoms with van der Waals surface area (Å²) in [5.41, 5.74) is 0. The van der Waals surface area contributed by atoms with Crippen molar-refractivity contribution in [2.75, 3.05) is 26.2 Å². The molecule has 5 nitrogen and oxygen atoms in total. The molecule has 0 spiro atoms. The van der Waals surface area contributed by atoms with Crippen LogP contribution in [0.5, 0.6) is 0 Å². The molecule has 0 aromatic heterocycles. The highest BCUT2D eigenvalue weighted by molar-refractivity contribution is 7.89. The third-order valence-corrected chi connectivity index (χ3v) is 5.30. The van der Waals surface area contributed by atoms with Crippen molar-refractivity contribution in [1.29, 1.82) is 5.26 Å². The van der Waals surface area contributed by atoms with Gasteiger partial charge in [0.1, 0.15) is 0 Å². The minimum absolute atomic E-state index is 0.165. The molecule has 102 valence electrons. The van der Waals surface area contributed by atoms with Crippen LogP contribution in [0.25, 0.3) is 0 Å². The van der Waals surface area contributed by atoms with Gasteiger partial charge in [-0.3, -0.25) is 4.90 Å². The molecule has 0 saturated carbocycles. The number of sulfonamides is 1. The molecule has 1 aliphatic heterocycles. The Morgan fingerprint density at radius 1 is 1.16 bits per heavy atom. The molecule has 1 aliphatic rings. The minimum atomic E-state index is -3.39. The quantitative estimate of drug-likeness (QED) is 0.825. The molecule has 0 unspecified atom stereocenters. The lowest BCUT2D eigenvalue weighted by Gasteiger charge is -2.35. The van der Waals surface area contributed by atoms with Gasteiger partial charge in [-0.25, -0.2) is 8.42 Å². The summed E-state index contributed by atoms with van der Waals surface area (Å²) >= 11 is 0. The molecule has 0 bridgehead atoms. The van der Waals surface area contributed by atoms with E-state index in [1.807, 2.05) is 11.8 Å². The summed E-state index contributed by atoms with van der Waals surface area (Å²) in [5, 5.41) is 8.87. The molecule has 1 saturated heterocycles. The van der Waals surface area contributed by atoms with Crippen LogP contribution in [-0.2, 0) is 10.0 Å². The van der Waals surface area contributed by atoms with E-state index in [0.29, 0.717) is 31.1 Å². The maximum atomic E-state index is 12.4. The molecule has 1 heterocycles. The van der Waals surface area contributed by atoms with E-state index in [-0.39, 0.29) is 6.04 Å². The first-order chi connectivity index (χ1) is 9.05. The van der Waals surface area contributed by atoms with Crippen LogP contribution in [0.3, 0.4) is 0 Å². The van der Waals surface area contributed by atoms with Crippen LogP contribution in [0, 0.1) is 11.3 Å². The summed E-state index contributed by atoms with van der Waals surface area (Å²) in [7, 11) is -3.39. The van der Waals surface area contributed by atoms with Gasteiger partial charge in [-0.1, -0.05) is 18.2 Å². The van der Waals surface area contributed by atoms with E-state index in [1.165, 1.54) is 4.31 Å². The van der Waals surface area contributed by atoms with Crippen LogP contribution < -0.4 is 0 Å². The van der Waals surface area contributed by atoms with Gasteiger partial charge >= 0.3 is 0 Å². The molecule has 2 rings (SSSR count). The monoisotopic (exact) mass is 279 g/mol. The number of nitrogens with zero attached hydrogens (tertiary/aromatic N) is 3. The highest BCUT2D eigenvalue weighted by Gasteiger charge is 2.29. The Morgan fingerprint density at radius 2 is 1.74 bits per heavy atom. The SMILES string of the molecule is C[C@H](C#N)N1CCN(S(=O)(=O)c2ccccc2)CC1. The highest BCUT2D eigenvalue weighted by atomic mass is 32.2. The second-order valence-corrected chi connectivity index (χ2v) is 6.50. The topological polar surface area (TPSA) is 64.4 Å². The Kier molecular flexibility index (Phi) is 4.20. The Hall–Kier alpha value is -1.42. The number of rotatable bonds is 3. The molecule has 0 aliphatic carbocycles. The van der Waals surface area contributed by atoms with Crippen molar-refractivity contribution < 1.29 is 8.42 Å². The number of hydrogen-bond donors (Lipinski definition) is 0. The first-order valence-corrected chi connectivity index (χ1v) is 7.68. The van der Waals surface area contributed by atoms with Crippen molar-refractivity contribution in [3.8, 4) is 6.07 Å². The molecule has 1 aromatic carbocycles. The fourth-order valence-electron chi connectivity index (χ4n) is 2.15.